The molecule has 0 bridgehead atoms. The fraction of sp³-hybridized carbons (Fsp3) is 0.409. The van der Waals surface area contributed by atoms with Crippen molar-refractivity contribution < 1.29 is 14.7 Å². The van der Waals surface area contributed by atoms with Crippen LogP contribution < -0.4 is 17.0 Å². The third-order valence-corrected chi connectivity index (χ3v) is 5.88. The number of nitrogens with two attached hydrogens (primary N) is 1. The zero-order valence-corrected chi connectivity index (χ0v) is 19.1. The molecule has 1 aromatic carbocycles. The predicted octanol–water partition coefficient (Wildman–Crippen LogP) is 0.962. The van der Waals surface area contributed by atoms with Crippen molar-refractivity contribution in [2.45, 2.75) is 52.2 Å². The maximum Gasteiger partial charge on any atom is 0.338 e. The number of unbranched alkanes of at least 4 members (excludes halogenated alkanes) is 1. The smallest absolute Gasteiger partial charge is 0.338 e. The van der Waals surface area contributed by atoms with Gasteiger partial charge in [-0.3, -0.25) is 24.5 Å². The largest absolute Gasteiger partial charge is 0.494 e. The number of nitrogens with one attached hydrogen (secondary N) is 1. The van der Waals surface area contributed by atoms with Crippen molar-refractivity contribution in [2.75, 3.05) is 7.05 Å². The van der Waals surface area contributed by atoms with Crippen molar-refractivity contribution in [3.05, 3.63) is 56.2 Å². The molecule has 176 valence electrons. The third kappa shape index (κ3) is 3.90. The summed E-state index contributed by atoms with van der Waals surface area (Å²) in [4.78, 5) is 53.2. The lowest BCUT2D eigenvalue weighted by atomic mass is 10.0. The maximum absolute atomic E-state index is 13.0. The van der Waals surface area contributed by atoms with E-state index in [0.29, 0.717) is 12.0 Å². The van der Waals surface area contributed by atoms with Gasteiger partial charge in [0.15, 0.2) is 0 Å². The summed E-state index contributed by atoms with van der Waals surface area (Å²) >= 11 is 0. The molecule has 0 spiro atoms. The van der Waals surface area contributed by atoms with Crippen molar-refractivity contribution in [1.82, 2.24) is 18.9 Å². The van der Waals surface area contributed by atoms with Crippen LogP contribution in [0.25, 0.3) is 5.69 Å². The first kappa shape index (κ1) is 23.8. The Hall–Kier alpha value is -3.89. The zero-order chi connectivity index (χ0) is 24.7. The van der Waals surface area contributed by atoms with Crippen molar-refractivity contribution >= 4 is 17.8 Å². The Kier molecular flexibility index (Phi) is 6.17. The van der Waals surface area contributed by atoms with Gasteiger partial charge in [0.05, 0.1) is 5.69 Å². The lowest BCUT2D eigenvalue weighted by Gasteiger charge is -2.27. The van der Waals surface area contributed by atoms with E-state index in [-0.39, 0.29) is 24.7 Å². The second kappa shape index (κ2) is 8.57. The highest BCUT2D eigenvalue weighted by Crippen LogP contribution is 2.28. The normalized spacial score (nSPS) is 15.4. The molecule has 2 aromatic rings. The van der Waals surface area contributed by atoms with E-state index in [1.807, 2.05) is 6.92 Å². The molecule has 2 heterocycles. The minimum absolute atomic E-state index is 0.159. The Labute approximate surface area is 190 Å². The number of amides is 3. The van der Waals surface area contributed by atoms with Gasteiger partial charge in [0.1, 0.15) is 16.9 Å². The molecule has 0 saturated carbocycles. The Morgan fingerprint density at radius 2 is 1.73 bits per heavy atom. The number of carbonyl (C=O) groups excluding carboxylic acids is 2. The number of rotatable bonds is 7. The van der Waals surface area contributed by atoms with Crippen LogP contribution in [-0.2, 0) is 17.9 Å². The Morgan fingerprint density at radius 3 is 2.21 bits per heavy atom. The summed E-state index contributed by atoms with van der Waals surface area (Å²) in [5.74, 6) is -1.57. The molecule has 33 heavy (non-hydrogen) atoms. The molecule has 0 unspecified atom stereocenters. The van der Waals surface area contributed by atoms with Gasteiger partial charge in [-0.25, -0.2) is 14.2 Å². The van der Waals surface area contributed by atoms with Gasteiger partial charge in [-0.15, -0.1) is 0 Å². The number of aromatic hydroxyl groups is 1. The fourth-order valence-corrected chi connectivity index (χ4v) is 3.85. The minimum atomic E-state index is -0.998. The van der Waals surface area contributed by atoms with Gasteiger partial charge in [-0.05, 0) is 38.0 Å². The summed E-state index contributed by atoms with van der Waals surface area (Å²) in [6.45, 7) is 5.58. The van der Waals surface area contributed by atoms with Crippen LogP contribution in [0.1, 0.15) is 44.7 Å². The molecule has 1 aliphatic heterocycles. The summed E-state index contributed by atoms with van der Waals surface area (Å²) in [7, 11) is 1.43. The zero-order valence-electron chi connectivity index (χ0n) is 19.1. The van der Waals surface area contributed by atoms with Crippen LogP contribution in [0.4, 0.5) is 4.79 Å². The molecule has 11 heteroatoms. The van der Waals surface area contributed by atoms with Crippen LogP contribution in [0.5, 0.6) is 5.88 Å². The molecular formula is C22H28N6O5. The average molecular weight is 457 g/mol. The Balaban J connectivity index is 2.03. The summed E-state index contributed by atoms with van der Waals surface area (Å²) in [6, 6.07) is 5.94. The van der Waals surface area contributed by atoms with Crippen LogP contribution in [-0.4, -0.2) is 54.4 Å². The molecule has 1 aromatic heterocycles. The van der Waals surface area contributed by atoms with Gasteiger partial charge in [-0.2, -0.15) is 0 Å². The van der Waals surface area contributed by atoms with Crippen LogP contribution >= 0.6 is 0 Å². The van der Waals surface area contributed by atoms with Crippen molar-refractivity contribution in [2.24, 2.45) is 5.73 Å². The number of amidine groups is 1. The van der Waals surface area contributed by atoms with E-state index >= 15 is 0 Å². The van der Waals surface area contributed by atoms with E-state index in [4.69, 9.17) is 11.1 Å². The molecule has 0 aliphatic carbocycles. The van der Waals surface area contributed by atoms with E-state index in [2.05, 4.69) is 0 Å². The molecule has 11 nitrogen and oxygen atoms in total. The third-order valence-electron chi connectivity index (χ3n) is 5.88. The lowest BCUT2D eigenvalue weighted by molar-refractivity contribution is -0.131. The SMILES string of the molecule is CCCCn1c(O)c(C(=N)N)c(=O)n(-c2ccc(CN3C(=O)N(C)C(=O)C3(C)C)cc2)c1=O. The number of hydrogen-bond acceptors (Lipinski definition) is 6. The number of aromatic nitrogens is 2. The predicted molar refractivity (Wildman–Crippen MR) is 122 cm³/mol. The summed E-state index contributed by atoms with van der Waals surface area (Å²) < 4.78 is 1.89. The maximum atomic E-state index is 13.0. The molecule has 3 amide bonds. The quantitative estimate of drug-likeness (QED) is 0.320. The van der Waals surface area contributed by atoms with E-state index in [1.54, 1.807) is 26.0 Å². The number of benzene rings is 1. The van der Waals surface area contributed by atoms with Crippen molar-refractivity contribution in [3.8, 4) is 11.6 Å². The van der Waals surface area contributed by atoms with Crippen LogP contribution in [0.2, 0.25) is 0 Å². The number of urea groups is 1. The molecule has 1 saturated heterocycles. The van der Waals surface area contributed by atoms with Gasteiger partial charge < -0.3 is 15.7 Å². The van der Waals surface area contributed by atoms with Crippen molar-refractivity contribution in [1.29, 1.82) is 5.41 Å². The van der Waals surface area contributed by atoms with Crippen molar-refractivity contribution in [3.63, 3.8) is 0 Å². The second-order valence-electron chi connectivity index (χ2n) is 8.50. The summed E-state index contributed by atoms with van der Waals surface area (Å²) in [5, 5.41) is 18.1. The number of imide groups is 1. The monoisotopic (exact) mass is 456 g/mol. The second-order valence-corrected chi connectivity index (χ2v) is 8.50. The van der Waals surface area contributed by atoms with Gasteiger partial charge >= 0.3 is 11.7 Å². The number of nitrogen functional groups attached to an aromatic ring is 1. The molecule has 1 aliphatic rings. The van der Waals surface area contributed by atoms with E-state index < -0.39 is 40.1 Å². The molecule has 1 fully saturated rings. The molecule has 0 atom stereocenters. The highest BCUT2D eigenvalue weighted by Gasteiger charge is 2.49. The Morgan fingerprint density at radius 1 is 1.12 bits per heavy atom. The Bertz CT molecular complexity index is 1240. The van der Waals surface area contributed by atoms with Gasteiger partial charge in [0, 0.05) is 20.1 Å². The standard InChI is InChI=1S/C22H28N6O5/c1-5-6-11-26-17(29)15(16(23)24)18(30)28(21(26)33)14-9-7-13(8-10-14)12-27-20(32)25(4)19(31)22(27,2)3/h7-10,29H,5-6,11-12H2,1-4H3,(H3,23,24). The number of hydrogen-bond donors (Lipinski definition) is 3. The topological polar surface area (TPSA) is 155 Å². The van der Waals surface area contributed by atoms with Crippen LogP contribution in [0.3, 0.4) is 0 Å². The average Bonchev–Trinajstić information content (AvgIpc) is 2.89. The number of likely N-dealkylation sites (N-methyl/N-ethyl adjacent to an activating group) is 1. The van der Waals surface area contributed by atoms with Gasteiger partial charge in [0.2, 0.25) is 5.88 Å². The van der Waals surface area contributed by atoms with Crippen LogP contribution in [0.15, 0.2) is 33.9 Å². The van der Waals surface area contributed by atoms with E-state index in [0.717, 1.165) is 20.5 Å². The molecule has 4 N–H and O–H groups in total. The lowest BCUT2D eigenvalue weighted by Crippen LogP contribution is -2.43. The molecule has 3 rings (SSSR count). The first-order chi connectivity index (χ1) is 15.4. The first-order valence-corrected chi connectivity index (χ1v) is 10.6. The van der Waals surface area contributed by atoms with Crippen LogP contribution in [0, 0.1) is 5.41 Å². The number of nitrogens with zero attached hydrogens (tertiary/aromatic N) is 4. The number of carbonyl (C=O) groups is 2. The fourth-order valence-electron chi connectivity index (χ4n) is 3.85. The highest BCUT2D eigenvalue weighted by molar-refractivity contribution is 6.06. The summed E-state index contributed by atoms with van der Waals surface area (Å²) in [6.07, 6.45) is 1.33. The molecular weight excluding hydrogens is 428 g/mol. The van der Waals surface area contributed by atoms with Gasteiger partial charge in [-0.1, -0.05) is 25.5 Å². The van der Waals surface area contributed by atoms with E-state index in [9.17, 15) is 24.3 Å². The summed E-state index contributed by atoms with van der Waals surface area (Å²) in [5.41, 5.74) is 3.34. The highest BCUT2D eigenvalue weighted by atomic mass is 16.3. The molecule has 0 radical (unpaired) electrons. The van der Waals surface area contributed by atoms with E-state index in [1.165, 1.54) is 24.1 Å². The van der Waals surface area contributed by atoms with Gasteiger partial charge in [0.25, 0.3) is 11.5 Å². The first-order valence-electron chi connectivity index (χ1n) is 10.6. The minimum Gasteiger partial charge on any atom is -0.494 e.